The molecule has 0 aliphatic heterocycles. The number of aliphatic hydroxyl groups excluding tert-OH is 1. The highest BCUT2D eigenvalue weighted by molar-refractivity contribution is 7.47. The van der Waals surface area contributed by atoms with Gasteiger partial charge in [0.05, 0.1) is 26.4 Å². The van der Waals surface area contributed by atoms with E-state index in [1.54, 1.807) is 0 Å². The highest BCUT2D eigenvalue weighted by atomic mass is 31.2. The molecule has 0 bridgehead atoms. The summed E-state index contributed by atoms with van der Waals surface area (Å²) in [4.78, 5) is 72.3. The van der Waals surface area contributed by atoms with Crippen LogP contribution in [0.15, 0.2) is 0 Å². The van der Waals surface area contributed by atoms with Crippen LogP contribution in [-0.2, 0) is 65.4 Å². The molecule has 3 unspecified atom stereocenters. The molecule has 0 radical (unpaired) electrons. The van der Waals surface area contributed by atoms with Crippen LogP contribution in [0.25, 0.3) is 0 Å². The van der Waals surface area contributed by atoms with Crippen molar-refractivity contribution in [2.45, 2.75) is 355 Å². The highest BCUT2D eigenvalue weighted by Crippen LogP contribution is 2.45. The fraction of sp³-hybridized carbons (Fsp3) is 0.940. The van der Waals surface area contributed by atoms with Gasteiger partial charge >= 0.3 is 39.5 Å². The minimum atomic E-state index is -4.95. The van der Waals surface area contributed by atoms with E-state index in [1.165, 1.54) is 148 Å². The van der Waals surface area contributed by atoms with Gasteiger partial charge in [-0.1, -0.05) is 286 Å². The zero-order valence-electron chi connectivity index (χ0n) is 55.6. The Morgan fingerprint density at radius 1 is 0.337 bits per heavy atom. The summed E-state index contributed by atoms with van der Waals surface area (Å²) in [6.07, 6.45) is 43.1. The molecule has 86 heavy (non-hydrogen) atoms. The molecule has 6 atom stereocenters. The van der Waals surface area contributed by atoms with E-state index < -0.39 is 97.5 Å². The van der Waals surface area contributed by atoms with Gasteiger partial charge in [0.25, 0.3) is 0 Å². The first kappa shape index (κ1) is 84.1. The molecular formula is C67H130O17P2. The van der Waals surface area contributed by atoms with Crippen molar-refractivity contribution >= 4 is 39.5 Å². The molecule has 0 aliphatic carbocycles. The summed E-state index contributed by atoms with van der Waals surface area (Å²) in [5, 5.41) is 10.6. The molecule has 0 aromatic rings. The highest BCUT2D eigenvalue weighted by Gasteiger charge is 2.30. The van der Waals surface area contributed by atoms with E-state index in [2.05, 4.69) is 41.5 Å². The quantitative estimate of drug-likeness (QED) is 0.0222. The topological polar surface area (TPSA) is 237 Å². The number of carbonyl (C=O) groups is 4. The lowest BCUT2D eigenvalue weighted by atomic mass is 10.00. The molecule has 3 N–H and O–H groups in total. The minimum Gasteiger partial charge on any atom is -0.462 e. The van der Waals surface area contributed by atoms with Crippen molar-refractivity contribution in [1.82, 2.24) is 0 Å². The minimum absolute atomic E-state index is 0.103. The van der Waals surface area contributed by atoms with Gasteiger partial charge in [-0.2, -0.15) is 0 Å². The zero-order valence-corrected chi connectivity index (χ0v) is 57.4. The molecule has 0 amide bonds. The van der Waals surface area contributed by atoms with E-state index in [0.717, 1.165) is 102 Å². The molecule has 19 heteroatoms. The average Bonchev–Trinajstić information content (AvgIpc) is 3.65. The Morgan fingerprint density at radius 3 is 0.884 bits per heavy atom. The maximum Gasteiger partial charge on any atom is 0.472 e. The SMILES string of the molecule is CCCCCCCCCCCCCCCCCC(=O)O[C@H](COC(=O)CCCCCCCCCCCCC)COP(=O)(O)OC[C@@H](O)COP(=O)(O)OC[C@@H](COC(=O)CCCCCCCCC(C)CC)OC(=O)CCCCCCCCCC(C)C. The Bertz CT molecular complexity index is 1690. The van der Waals surface area contributed by atoms with Crippen molar-refractivity contribution in [2.24, 2.45) is 11.8 Å². The van der Waals surface area contributed by atoms with E-state index in [4.69, 9.17) is 37.0 Å². The van der Waals surface area contributed by atoms with Crippen LogP contribution < -0.4 is 0 Å². The summed E-state index contributed by atoms with van der Waals surface area (Å²) in [6.45, 7) is 9.42. The van der Waals surface area contributed by atoms with Gasteiger partial charge in [-0.3, -0.25) is 37.3 Å². The molecule has 0 saturated heterocycles. The van der Waals surface area contributed by atoms with Crippen LogP contribution in [0.1, 0.15) is 337 Å². The van der Waals surface area contributed by atoms with E-state index in [0.29, 0.717) is 31.6 Å². The third-order valence-corrected chi connectivity index (χ3v) is 17.7. The van der Waals surface area contributed by atoms with Gasteiger partial charge in [0, 0.05) is 25.7 Å². The molecule has 0 aliphatic rings. The molecule has 510 valence electrons. The van der Waals surface area contributed by atoms with Crippen LogP contribution in [0.3, 0.4) is 0 Å². The molecule has 0 rings (SSSR count). The molecule has 0 saturated carbocycles. The monoisotopic (exact) mass is 1270 g/mol. The summed E-state index contributed by atoms with van der Waals surface area (Å²) in [7, 11) is -9.89. The van der Waals surface area contributed by atoms with Crippen molar-refractivity contribution < 1.29 is 80.2 Å². The van der Waals surface area contributed by atoms with Crippen LogP contribution >= 0.6 is 15.6 Å². The largest absolute Gasteiger partial charge is 0.472 e. The van der Waals surface area contributed by atoms with Crippen molar-refractivity contribution in [1.29, 1.82) is 0 Å². The smallest absolute Gasteiger partial charge is 0.462 e. The summed E-state index contributed by atoms with van der Waals surface area (Å²) < 4.78 is 68.1. The lowest BCUT2D eigenvalue weighted by Crippen LogP contribution is -2.30. The first-order chi connectivity index (χ1) is 41.4. The van der Waals surface area contributed by atoms with Gasteiger partial charge in [-0.15, -0.1) is 0 Å². The van der Waals surface area contributed by atoms with E-state index in [-0.39, 0.29) is 25.7 Å². The maximum absolute atomic E-state index is 13.0. The Kier molecular flexibility index (Phi) is 58.0. The maximum atomic E-state index is 13.0. The second-order valence-corrected chi connectivity index (χ2v) is 27.8. The van der Waals surface area contributed by atoms with Crippen molar-refractivity contribution in [3.8, 4) is 0 Å². The number of rotatable bonds is 66. The summed E-state index contributed by atoms with van der Waals surface area (Å²) in [5.74, 6) is -0.704. The standard InChI is InChI=1S/C67H130O17P2/c1-7-10-12-14-16-18-20-21-22-23-25-27-31-39-45-51-66(71)83-62(55-77-64(69)49-43-37-30-26-24-19-17-15-13-11-8-2)57-81-85(73,74)79-53-61(68)54-80-86(75,76)82-58-63(84-67(72)52-46-40-32-28-29-35-41-47-59(4)5)56-78-65(70)50-44-38-34-33-36-42-48-60(6)9-3/h59-63,68H,7-58H2,1-6H3,(H,73,74)(H,75,76)/t60?,61-,62-,63-/m1/s1. The summed E-state index contributed by atoms with van der Waals surface area (Å²) in [5.41, 5.74) is 0. The number of ether oxygens (including phenoxy) is 4. The van der Waals surface area contributed by atoms with Crippen molar-refractivity contribution in [3.63, 3.8) is 0 Å². The third-order valence-electron chi connectivity index (χ3n) is 15.8. The van der Waals surface area contributed by atoms with Gasteiger partial charge in [0.1, 0.15) is 19.3 Å². The number of unbranched alkanes of at least 4 members (excludes halogenated alkanes) is 35. The molecule has 0 fully saturated rings. The Labute approximate surface area is 524 Å². The Balaban J connectivity index is 5.24. The second-order valence-electron chi connectivity index (χ2n) is 24.9. The fourth-order valence-corrected chi connectivity index (χ4v) is 11.6. The second kappa shape index (κ2) is 59.4. The third kappa shape index (κ3) is 59.7. The normalized spacial score (nSPS) is 14.5. The van der Waals surface area contributed by atoms with Crippen LogP contribution in [-0.4, -0.2) is 96.7 Å². The van der Waals surface area contributed by atoms with Crippen LogP contribution in [0, 0.1) is 11.8 Å². The van der Waals surface area contributed by atoms with Crippen LogP contribution in [0.2, 0.25) is 0 Å². The number of hydrogen-bond acceptors (Lipinski definition) is 15. The number of aliphatic hydroxyl groups is 1. The molecule has 0 aromatic carbocycles. The number of phosphoric ester groups is 2. The average molecular weight is 1270 g/mol. The van der Waals surface area contributed by atoms with Gasteiger partial charge in [-0.05, 0) is 37.5 Å². The molecule has 17 nitrogen and oxygen atoms in total. The van der Waals surface area contributed by atoms with E-state index in [1.807, 2.05) is 0 Å². The molecule has 0 heterocycles. The van der Waals surface area contributed by atoms with Crippen LogP contribution in [0.5, 0.6) is 0 Å². The van der Waals surface area contributed by atoms with Gasteiger partial charge < -0.3 is 33.8 Å². The first-order valence-electron chi connectivity index (χ1n) is 35.0. The van der Waals surface area contributed by atoms with E-state index >= 15 is 0 Å². The predicted molar refractivity (Wildman–Crippen MR) is 345 cm³/mol. The number of carbonyl (C=O) groups excluding carboxylic acids is 4. The predicted octanol–water partition coefficient (Wildman–Crippen LogP) is 18.8. The van der Waals surface area contributed by atoms with Gasteiger partial charge in [0.15, 0.2) is 12.2 Å². The van der Waals surface area contributed by atoms with Crippen molar-refractivity contribution in [2.75, 3.05) is 39.6 Å². The summed E-state index contributed by atoms with van der Waals surface area (Å²) >= 11 is 0. The zero-order chi connectivity index (χ0) is 63.6. The van der Waals surface area contributed by atoms with Crippen LogP contribution in [0.4, 0.5) is 0 Å². The first-order valence-corrected chi connectivity index (χ1v) is 38.0. The van der Waals surface area contributed by atoms with Gasteiger partial charge in [-0.25, -0.2) is 9.13 Å². The fourth-order valence-electron chi connectivity index (χ4n) is 10.0. The lowest BCUT2D eigenvalue weighted by molar-refractivity contribution is -0.161. The Hall–Kier alpha value is -1.94. The van der Waals surface area contributed by atoms with E-state index in [9.17, 15) is 43.2 Å². The summed E-state index contributed by atoms with van der Waals surface area (Å²) in [6, 6.07) is 0. The molecule has 0 spiro atoms. The Morgan fingerprint density at radius 2 is 0.593 bits per heavy atom. The number of esters is 4. The number of phosphoric acid groups is 2. The lowest BCUT2D eigenvalue weighted by Gasteiger charge is -2.21. The number of hydrogen-bond donors (Lipinski definition) is 3. The van der Waals surface area contributed by atoms with Crippen molar-refractivity contribution in [3.05, 3.63) is 0 Å². The van der Waals surface area contributed by atoms with Gasteiger partial charge in [0.2, 0.25) is 0 Å². The molecular weight excluding hydrogens is 1140 g/mol. The molecule has 0 aromatic heterocycles.